The van der Waals surface area contributed by atoms with Crippen LogP contribution in [0.1, 0.15) is 27.7 Å². The number of rotatable bonds is 1. The SMILES string of the molecule is CCNC(=O)OC(C)(C)C. The number of hydrogen-bond acceptors (Lipinski definition) is 2. The summed E-state index contributed by atoms with van der Waals surface area (Å²) in [6, 6.07) is 0. The standard InChI is InChI=1S/C7H15NO2/c1-5-8-6(9)10-7(2,3)4/h5H2,1-4H3,(H,8,9). The van der Waals surface area contributed by atoms with Gasteiger partial charge in [0.1, 0.15) is 5.60 Å². The Morgan fingerprint density at radius 3 is 2.30 bits per heavy atom. The first kappa shape index (κ1) is 9.27. The highest BCUT2D eigenvalue weighted by Crippen LogP contribution is 2.05. The van der Waals surface area contributed by atoms with Crippen molar-refractivity contribution in [2.75, 3.05) is 6.54 Å². The molecule has 0 rings (SSSR count). The summed E-state index contributed by atoms with van der Waals surface area (Å²) in [6.07, 6.45) is -0.352. The number of ether oxygens (including phenoxy) is 1. The predicted molar refractivity (Wildman–Crippen MR) is 39.9 cm³/mol. The van der Waals surface area contributed by atoms with E-state index in [1.807, 2.05) is 27.7 Å². The van der Waals surface area contributed by atoms with Gasteiger partial charge in [-0.05, 0) is 27.7 Å². The molecule has 0 atom stereocenters. The topological polar surface area (TPSA) is 38.3 Å². The lowest BCUT2D eigenvalue weighted by molar-refractivity contribution is 0.0531. The molecule has 0 spiro atoms. The van der Waals surface area contributed by atoms with E-state index in [-0.39, 0.29) is 11.7 Å². The summed E-state index contributed by atoms with van der Waals surface area (Å²) in [5.74, 6) is 0. The van der Waals surface area contributed by atoms with Crippen LogP contribution in [0.5, 0.6) is 0 Å². The van der Waals surface area contributed by atoms with E-state index in [9.17, 15) is 4.79 Å². The number of nitrogens with one attached hydrogen (secondary N) is 1. The van der Waals surface area contributed by atoms with Crippen molar-refractivity contribution in [2.45, 2.75) is 33.3 Å². The zero-order chi connectivity index (χ0) is 8.20. The van der Waals surface area contributed by atoms with Gasteiger partial charge in [-0.3, -0.25) is 0 Å². The zero-order valence-electron chi connectivity index (χ0n) is 7.02. The Bertz CT molecular complexity index is 115. The van der Waals surface area contributed by atoms with Crippen molar-refractivity contribution in [3.05, 3.63) is 0 Å². The van der Waals surface area contributed by atoms with Gasteiger partial charge in [0.05, 0.1) is 0 Å². The maximum atomic E-state index is 10.7. The van der Waals surface area contributed by atoms with Gasteiger partial charge in [0.15, 0.2) is 0 Å². The summed E-state index contributed by atoms with van der Waals surface area (Å²) in [7, 11) is 0. The number of carbonyl (C=O) groups is 1. The lowest BCUT2D eigenvalue weighted by atomic mass is 10.2. The molecule has 0 aliphatic carbocycles. The largest absolute Gasteiger partial charge is 0.444 e. The van der Waals surface area contributed by atoms with Gasteiger partial charge in [0.25, 0.3) is 0 Å². The van der Waals surface area contributed by atoms with Gasteiger partial charge < -0.3 is 10.1 Å². The van der Waals surface area contributed by atoms with Gasteiger partial charge in [-0.1, -0.05) is 0 Å². The molecule has 3 nitrogen and oxygen atoms in total. The molecule has 0 fully saturated rings. The Labute approximate surface area is 61.8 Å². The molecule has 1 N–H and O–H groups in total. The number of hydrogen-bond donors (Lipinski definition) is 1. The van der Waals surface area contributed by atoms with E-state index in [1.54, 1.807) is 0 Å². The Morgan fingerprint density at radius 1 is 1.50 bits per heavy atom. The van der Waals surface area contributed by atoms with E-state index < -0.39 is 0 Å². The fourth-order valence-electron chi connectivity index (χ4n) is 0.459. The molecule has 10 heavy (non-hydrogen) atoms. The molecule has 0 aromatic carbocycles. The third-order valence-corrected chi connectivity index (χ3v) is 0.720. The molecule has 0 aliphatic rings. The van der Waals surface area contributed by atoms with Crippen LogP contribution in [0.25, 0.3) is 0 Å². The minimum Gasteiger partial charge on any atom is -0.444 e. The highest BCUT2D eigenvalue weighted by Gasteiger charge is 2.14. The number of alkyl carbamates (subject to hydrolysis) is 1. The first-order valence-corrected chi connectivity index (χ1v) is 3.42. The molecular formula is C7H15NO2. The van der Waals surface area contributed by atoms with Gasteiger partial charge in [0, 0.05) is 6.54 Å². The summed E-state index contributed by atoms with van der Waals surface area (Å²) in [5.41, 5.74) is -0.390. The van der Waals surface area contributed by atoms with Gasteiger partial charge in [0.2, 0.25) is 0 Å². The van der Waals surface area contributed by atoms with Crippen LogP contribution in [0.4, 0.5) is 4.79 Å². The van der Waals surface area contributed by atoms with Gasteiger partial charge in [-0.15, -0.1) is 0 Å². The van der Waals surface area contributed by atoms with Crippen molar-refractivity contribution < 1.29 is 9.53 Å². The summed E-state index contributed by atoms with van der Waals surface area (Å²) >= 11 is 0. The zero-order valence-corrected chi connectivity index (χ0v) is 7.02. The molecule has 0 aromatic rings. The summed E-state index contributed by atoms with van der Waals surface area (Å²) in [5, 5.41) is 2.54. The lowest BCUT2D eigenvalue weighted by Gasteiger charge is -2.19. The fourth-order valence-corrected chi connectivity index (χ4v) is 0.459. The summed E-state index contributed by atoms with van der Waals surface area (Å²) < 4.78 is 4.93. The van der Waals surface area contributed by atoms with Crippen molar-refractivity contribution in [2.24, 2.45) is 0 Å². The van der Waals surface area contributed by atoms with Gasteiger partial charge in [-0.2, -0.15) is 0 Å². The Balaban J connectivity index is 3.58. The molecule has 0 aliphatic heterocycles. The van der Waals surface area contributed by atoms with Gasteiger partial charge in [-0.25, -0.2) is 4.79 Å². The van der Waals surface area contributed by atoms with Crippen molar-refractivity contribution in [1.82, 2.24) is 5.32 Å². The van der Waals surface area contributed by atoms with Crippen LogP contribution in [-0.2, 0) is 4.74 Å². The summed E-state index contributed by atoms with van der Waals surface area (Å²) in [4.78, 5) is 10.7. The molecule has 1 amide bonds. The van der Waals surface area contributed by atoms with Crippen LogP contribution < -0.4 is 5.32 Å². The minimum absolute atomic E-state index is 0.352. The molecule has 0 radical (unpaired) electrons. The Hall–Kier alpha value is -0.730. The van der Waals surface area contributed by atoms with Crippen LogP contribution >= 0.6 is 0 Å². The molecule has 0 saturated carbocycles. The summed E-state index contributed by atoms with van der Waals surface area (Å²) in [6.45, 7) is 7.96. The average Bonchev–Trinajstić information content (AvgIpc) is 1.59. The van der Waals surface area contributed by atoms with Gasteiger partial charge >= 0.3 is 6.09 Å². The minimum atomic E-state index is -0.390. The maximum Gasteiger partial charge on any atom is 0.407 e. The third kappa shape index (κ3) is 5.41. The highest BCUT2D eigenvalue weighted by molar-refractivity contribution is 5.67. The Kier molecular flexibility index (Phi) is 3.19. The molecule has 60 valence electrons. The molecule has 0 heterocycles. The van der Waals surface area contributed by atoms with E-state index in [4.69, 9.17) is 4.74 Å². The van der Waals surface area contributed by atoms with Crippen LogP contribution in [-0.4, -0.2) is 18.2 Å². The first-order chi connectivity index (χ1) is 4.45. The molecule has 0 saturated heterocycles. The van der Waals surface area contributed by atoms with E-state index in [0.29, 0.717) is 6.54 Å². The molecule has 3 heteroatoms. The quantitative estimate of drug-likeness (QED) is 0.607. The predicted octanol–water partition coefficient (Wildman–Crippen LogP) is 1.53. The number of carbonyl (C=O) groups excluding carboxylic acids is 1. The van der Waals surface area contributed by atoms with Crippen LogP contribution in [0.15, 0.2) is 0 Å². The third-order valence-electron chi connectivity index (χ3n) is 0.720. The Morgan fingerprint density at radius 2 is 2.00 bits per heavy atom. The van der Waals surface area contributed by atoms with Crippen LogP contribution in [0.2, 0.25) is 0 Å². The van der Waals surface area contributed by atoms with E-state index in [1.165, 1.54) is 0 Å². The normalized spacial score (nSPS) is 10.8. The molecule has 0 unspecified atom stereocenters. The van der Waals surface area contributed by atoms with Crippen LogP contribution in [0.3, 0.4) is 0 Å². The monoisotopic (exact) mass is 145 g/mol. The second kappa shape index (κ2) is 3.44. The molecular weight excluding hydrogens is 130 g/mol. The highest BCUT2D eigenvalue weighted by atomic mass is 16.6. The first-order valence-electron chi connectivity index (χ1n) is 3.42. The van der Waals surface area contributed by atoms with E-state index >= 15 is 0 Å². The lowest BCUT2D eigenvalue weighted by Crippen LogP contribution is -2.32. The van der Waals surface area contributed by atoms with Crippen LogP contribution in [0, 0.1) is 0 Å². The average molecular weight is 145 g/mol. The molecule has 0 bridgehead atoms. The van der Waals surface area contributed by atoms with E-state index in [0.717, 1.165) is 0 Å². The fraction of sp³-hybridized carbons (Fsp3) is 0.857. The van der Waals surface area contributed by atoms with Crippen molar-refractivity contribution in [1.29, 1.82) is 0 Å². The van der Waals surface area contributed by atoms with Crippen molar-refractivity contribution in [3.8, 4) is 0 Å². The smallest absolute Gasteiger partial charge is 0.407 e. The maximum absolute atomic E-state index is 10.7. The molecule has 0 aromatic heterocycles. The second-order valence-corrected chi connectivity index (χ2v) is 3.03. The van der Waals surface area contributed by atoms with E-state index in [2.05, 4.69) is 5.32 Å². The number of amides is 1. The van der Waals surface area contributed by atoms with Crippen molar-refractivity contribution >= 4 is 6.09 Å². The van der Waals surface area contributed by atoms with Crippen molar-refractivity contribution in [3.63, 3.8) is 0 Å². The second-order valence-electron chi connectivity index (χ2n) is 3.03.